The zero-order chi connectivity index (χ0) is 8.53. The van der Waals surface area contributed by atoms with Crippen LogP contribution in [0.4, 0.5) is 5.69 Å². The van der Waals surface area contributed by atoms with Crippen LogP contribution in [-0.2, 0) is 0 Å². The van der Waals surface area contributed by atoms with Crippen LogP contribution in [0.2, 0.25) is 0 Å². The fourth-order valence-corrected chi connectivity index (χ4v) is 0.605. The van der Waals surface area contributed by atoms with Gasteiger partial charge >= 0.3 is 0 Å². The van der Waals surface area contributed by atoms with Crippen molar-refractivity contribution < 1.29 is 4.80 Å². The van der Waals surface area contributed by atoms with Crippen molar-refractivity contribution in [2.24, 2.45) is 0 Å². The van der Waals surface area contributed by atoms with E-state index >= 15 is 0 Å². The summed E-state index contributed by atoms with van der Waals surface area (Å²) in [6, 6.07) is 12.0. The summed E-state index contributed by atoms with van der Waals surface area (Å²) < 4.78 is 0. The van der Waals surface area contributed by atoms with Gasteiger partial charge < -0.3 is 10.1 Å². The van der Waals surface area contributed by atoms with Crippen LogP contribution in [0.25, 0.3) is 0 Å². The molecule has 1 aromatic carbocycles. The van der Waals surface area contributed by atoms with E-state index in [0.717, 1.165) is 5.69 Å². The standard InChI is InChI=1S/C8H7N.H4OSi/c1-2-9-8-6-4-3-5-7-8;1-2/h1,3-7,9H;1H,2H3. The van der Waals surface area contributed by atoms with Crippen LogP contribution in [0, 0.1) is 12.5 Å². The van der Waals surface area contributed by atoms with E-state index in [0.29, 0.717) is 10.5 Å². The molecule has 1 aromatic rings. The highest BCUT2D eigenvalue weighted by atomic mass is 28.2. The summed E-state index contributed by atoms with van der Waals surface area (Å²) in [4.78, 5) is 7.14. The third-order valence-electron chi connectivity index (χ3n) is 0.990. The third-order valence-corrected chi connectivity index (χ3v) is 0.990. The highest BCUT2D eigenvalue weighted by Crippen LogP contribution is 2.02. The number of anilines is 1. The van der Waals surface area contributed by atoms with E-state index in [2.05, 4.69) is 11.4 Å². The molecule has 0 saturated heterocycles. The van der Waals surface area contributed by atoms with Crippen molar-refractivity contribution in [3.8, 4) is 12.5 Å². The van der Waals surface area contributed by atoms with Crippen LogP contribution < -0.4 is 5.32 Å². The van der Waals surface area contributed by atoms with Gasteiger partial charge in [0.25, 0.3) is 0 Å². The fourth-order valence-electron chi connectivity index (χ4n) is 0.605. The highest BCUT2D eigenvalue weighted by molar-refractivity contribution is 5.95. The number of hydrogen-bond acceptors (Lipinski definition) is 2. The molecule has 2 N–H and O–H groups in total. The van der Waals surface area contributed by atoms with Gasteiger partial charge in [-0.1, -0.05) is 24.6 Å². The average Bonchev–Trinajstić information content (AvgIpc) is 2.11. The van der Waals surface area contributed by atoms with Crippen molar-refractivity contribution in [1.82, 2.24) is 0 Å². The van der Waals surface area contributed by atoms with Gasteiger partial charge in [-0.3, -0.25) is 0 Å². The zero-order valence-electron chi connectivity index (χ0n) is 6.41. The predicted octanol–water partition coefficient (Wildman–Crippen LogP) is -0.0517. The molecule has 0 aromatic heterocycles. The number of hydrogen-bond donors (Lipinski definition) is 2. The number of para-hydroxylation sites is 1. The quantitative estimate of drug-likeness (QED) is 0.347. The molecular formula is C8H11NOSi. The Balaban J connectivity index is 0.000000461. The highest BCUT2D eigenvalue weighted by Gasteiger charge is 1.80. The second-order valence-electron chi connectivity index (χ2n) is 1.64. The summed E-state index contributed by atoms with van der Waals surface area (Å²) >= 11 is 0. The molecule has 3 heteroatoms. The molecule has 1 rings (SSSR count). The smallest absolute Gasteiger partial charge is 0.141 e. The van der Waals surface area contributed by atoms with Crippen LogP contribution >= 0.6 is 0 Å². The van der Waals surface area contributed by atoms with E-state index in [4.69, 9.17) is 11.2 Å². The summed E-state index contributed by atoms with van der Waals surface area (Å²) in [5, 5.41) is 2.74. The van der Waals surface area contributed by atoms with Gasteiger partial charge in [-0.25, -0.2) is 0 Å². The second kappa shape index (κ2) is 6.87. The lowest BCUT2D eigenvalue weighted by Gasteiger charge is -1.93. The second-order valence-corrected chi connectivity index (χ2v) is 1.64. The van der Waals surface area contributed by atoms with Gasteiger partial charge in [0.05, 0.1) is 0 Å². The van der Waals surface area contributed by atoms with Gasteiger partial charge in [-0.2, -0.15) is 0 Å². The van der Waals surface area contributed by atoms with Gasteiger partial charge in [0.2, 0.25) is 0 Å². The molecule has 58 valence electrons. The van der Waals surface area contributed by atoms with Crippen LogP contribution in [0.1, 0.15) is 0 Å². The molecule has 0 aliphatic heterocycles. The molecule has 2 nitrogen and oxygen atoms in total. The normalized spacial score (nSPS) is 7.27. The molecule has 0 saturated carbocycles. The molecule has 0 unspecified atom stereocenters. The minimum Gasteiger partial charge on any atom is -0.442 e. The Hall–Kier alpha value is -1.24. The largest absolute Gasteiger partial charge is 0.442 e. The summed E-state index contributed by atoms with van der Waals surface area (Å²) in [6.07, 6.45) is 5.00. The van der Waals surface area contributed by atoms with Crippen molar-refractivity contribution in [2.45, 2.75) is 0 Å². The number of nitrogens with one attached hydrogen (secondary N) is 1. The minimum atomic E-state index is 0.306. The molecule has 0 bridgehead atoms. The summed E-state index contributed by atoms with van der Waals surface area (Å²) in [5.74, 6) is 0. The number of terminal acetylenes is 1. The first-order valence-corrected chi connectivity index (χ1v) is 4.04. The van der Waals surface area contributed by atoms with Gasteiger partial charge in [-0.15, -0.1) is 0 Å². The van der Waals surface area contributed by atoms with Crippen LogP contribution in [0.15, 0.2) is 30.3 Å². The Kier molecular flexibility index (Phi) is 6.09. The molecule has 0 spiro atoms. The van der Waals surface area contributed by atoms with E-state index in [1.165, 1.54) is 0 Å². The number of benzene rings is 1. The van der Waals surface area contributed by atoms with Crippen LogP contribution in [0.5, 0.6) is 0 Å². The molecule has 0 fully saturated rings. The lowest BCUT2D eigenvalue weighted by molar-refractivity contribution is 0.629. The minimum absolute atomic E-state index is 0.306. The molecule has 0 aliphatic carbocycles. The zero-order valence-corrected chi connectivity index (χ0v) is 8.41. The van der Waals surface area contributed by atoms with E-state index in [9.17, 15) is 0 Å². The Morgan fingerprint density at radius 3 is 2.27 bits per heavy atom. The molecule has 0 radical (unpaired) electrons. The first-order valence-electron chi connectivity index (χ1n) is 3.15. The molecule has 0 heterocycles. The molecule has 0 aliphatic rings. The summed E-state index contributed by atoms with van der Waals surface area (Å²) in [7, 11) is 0.306. The van der Waals surface area contributed by atoms with Crippen molar-refractivity contribution >= 4 is 16.2 Å². The first kappa shape index (κ1) is 9.76. The van der Waals surface area contributed by atoms with Crippen molar-refractivity contribution in [3.05, 3.63) is 30.3 Å². The summed E-state index contributed by atoms with van der Waals surface area (Å²) in [6.45, 7) is 0. The molecular weight excluding hydrogens is 154 g/mol. The number of rotatable bonds is 1. The SMILES string of the molecule is C#CNc1ccccc1.O[SiH3]. The van der Waals surface area contributed by atoms with Crippen molar-refractivity contribution in [1.29, 1.82) is 0 Å². The monoisotopic (exact) mass is 165 g/mol. The third kappa shape index (κ3) is 4.20. The van der Waals surface area contributed by atoms with E-state index in [-0.39, 0.29) is 0 Å². The lowest BCUT2D eigenvalue weighted by Crippen LogP contribution is -1.83. The maximum Gasteiger partial charge on any atom is 0.141 e. The van der Waals surface area contributed by atoms with E-state index in [1.807, 2.05) is 30.3 Å². The molecule has 0 amide bonds. The van der Waals surface area contributed by atoms with Gasteiger partial charge in [-0.05, 0) is 12.1 Å². The fraction of sp³-hybridized carbons (Fsp3) is 0. The van der Waals surface area contributed by atoms with Gasteiger partial charge in [0.15, 0.2) is 0 Å². The van der Waals surface area contributed by atoms with E-state index < -0.39 is 0 Å². The first-order chi connectivity index (χ1) is 5.43. The molecule has 0 atom stereocenters. The molecule has 11 heavy (non-hydrogen) atoms. The Labute approximate surface area is 69.8 Å². The maximum absolute atomic E-state index is 7.14. The van der Waals surface area contributed by atoms with Crippen LogP contribution in [-0.4, -0.2) is 15.3 Å². The average molecular weight is 165 g/mol. The maximum atomic E-state index is 7.14. The Bertz CT molecular complexity index is 217. The van der Waals surface area contributed by atoms with Crippen LogP contribution in [0.3, 0.4) is 0 Å². The topological polar surface area (TPSA) is 32.3 Å². The predicted molar refractivity (Wildman–Crippen MR) is 51.1 cm³/mol. The lowest BCUT2D eigenvalue weighted by atomic mass is 10.3. The Morgan fingerprint density at radius 1 is 1.27 bits per heavy atom. The summed E-state index contributed by atoms with van der Waals surface area (Å²) in [5.41, 5.74) is 0.958. The Morgan fingerprint density at radius 2 is 1.82 bits per heavy atom. The van der Waals surface area contributed by atoms with Crippen molar-refractivity contribution in [3.63, 3.8) is 0 Å². The van der Waals surface area contributed by atoms with Crippen molar-refractivity contribution in [2.75, 3.05) is 5.32 Å². The van der Waals surface area contributed by atoms with Gasteiger partial charge in [0, 0.05) is 11.7 Å². The van der Waals surface area contributed by atoms with E-state index in [1.54, 1.807) is 0 Å². The van der Waals surface area contributed by atoms with Gasteiger partial charge in [0.1, 0.15) is 10.5 Å².